The summed E-state index contributed by atoms with van der Waals surface area (Å²) in [6.07, 6.45) is 0.602. The Hall–Kier alpha value is -3.55. The van der Waals surface area contributed by atoms with Crippen LogP contribution in [0.5, 0.6) is 5.75 Å². The number of anilines is 1. The second kappa shape index (κ2) is 12.5. The van der Waals surface area contributed by atoms with E-state index in [1.165, 1.54) is 0 Å². The van der Waals surface area contributed by atoms with E-state index in [1.807, 2.05) is 36.4 Å². The molecule has 8 heteroatoms. The van der Waals surface area contributed by atoms with Gasteiger partial charge in [-0.05, 0) is 62.6 Å². The molecule has 0 aliphatic carbocycles. The Kier molecular flexibility index (Phi) is 9.72. The van der Waals surface area contributed by atoms with Crippen LogP contribution in [0.3, 0.4) is 0 Å². The molecule has 2 aromatic rings. The van der Waals surface area contributed by atoms with E-state index in [1.54, 1.807) is 40.0 Å². The summed E-state index contributed by atoms with van der Waals surface area (Å²) in [6.45, 7) is 5.91. The number of carbonyl (C=O) groups is 3. The maximum atomic E-state index is 12.1. The van der Waals surface area contributed by atoms with Crippen molar-refractivity contribution in [3.63, 3.8) is 0 Å². The molecule has 178 valence electrons. The van der Waals surface area contributed by atoms with Crippen molar-refractivity contribution in [2.75, 3.05) is 19.0 Å². The van der Waals surface area contributed by atoms with Crippen molar-refractivity contribution < 1.29 is 23.9 Å². The first kappa shape index (κ1) is 25.7. The van der Waals surface area contributed by atoms with Crippen LogP contribution in [0.15, 0.2) is 48.5 Å². The SMILES string of the molecule is COc1cccc(CCC(=O)NCc2ccc(NC(=O)CCNC(=O)OC(C)(C)C)cc2)c1. The Morgan fingerprint density at radius 1 is 0.879 bits per heavy atom. The zero-order chi connectivity index (χ0) is 24.3. The summed E-state index contributed by atoms with van der Waals surface area (Å²) in [5, 5.41) is 8.23. The van der Waals surface area contributed by atoms with Gasteiger partial charge >= 0.3 is 6.09 Å². The Morgan fingerprint density at radius 2 is 1.61 bits per heavy atom. The topological polar surface area (TPSA) is 106 Å². The molecule has 0 aliphatic heterocycles. The zero-order valence-electron chi connectivity index (χ0n) is 19.7. The van der Waals surface area contributed by atoms with Crippen LogP contribution in [0.1, 0.15) is 44.7 Å². The highest BCUT2D eigenvalue weighted by molar-refractivity contribution is 5.91. The van der Waals surface area contributed by atoms with Crippen molar-refractivity contribution >= 4 is 23.6 Å². The highest BCUT2D eigenvalue weighted by Gasteiger charge is 2.15. The summed E-state index contributed by atoms with van der Waals surface area (Å²) >= 11 is 0. The third-order valence-corrected chi connectivity index (χ3v) is 4.52. The minimum atomic E-state index is -0.580. The van der Waals surface area contributed by atoms with Gasteiger partial charge in [0.25, 0.3) is 0 Å². The Labute approximate surface area is 195 Å². The fourth-order valence-corrected chi connectivity index (χ4v) is 2.90. The second-order valence-electron chi connectivity index (χ2n) is 8.55. The second-order valence-corrected chi connectivity index (χ2v) is 8.55. The van der Waals surface area contributed by atoms with E-state index in [4.69, 9.17) is 9.47 Å². The maximum Gasteiger partial charge on any atom is 0.407 e. The average Bonchev–Trinajstić information content (AvgIpc) is 2.76. The quantitative estimate of drug-likeness (QED) is 0.505. The molecule has 33 heavy (non-hydrogen) atoms. The van der Waals surface area contributed by atoms with Gasteiger partial charge in [0.05, 0.1) is 7.11 Å². The van der Waals surface area contributed by atoms with Gasteiger partial charge in [0.2, 0.25) is 11.8 Å². The first-order valence-corrected chi connectivity index (χ1v) is 10.9. The third kappa shape index (κ3) is 10.5. The molecule has 0 heterocycles. The van der Waals surface area contributed by atoms with Gasteiger partial charge < -0.3 is 25.4 Å². The van der Waals surface area contributed by atoms with Gasteiger partial charge in [-0.1, -0.05) is 24.3 Å². The standard InChI is InChI=1S/C25H33N3O5/c1-25(2,3)33-24(31)26-15-14-23(30)28-20-11-8-19(9-12-20)17-27-22(29)13-10-18-6-5-7-21(16-18)32-4/h5-9,11-12,16H,10,13-15,17H2,1-4H3,(H,26,31)(H,27,29)(H,28,30). The summed E-state index contributed by atoms with van der Waals surface area (Å²) in [7, 11) is 1.62. The first-order chi connectivity index (χ1) is 15.6. The van der Waals surface area contributed by atoms with E-state index in [2.05, 4.69) is 16.0 Å². The largest absolute Gasteiger partial charge is 0.497 e. The summed E-state index contributed by atoms with van der Waals surface area (Å²) in [5.41, 5.74) is 2.04. The van der Waals surface area contributed by atoms with E-state index in [0.29, 0.717) is 25.1 Å². The highest BCUT2D eigenvalue weighted by atomic mass is 16.6. The number of benzene rings is 2. The van der Waals surface area contributed by atoms with Crippen LogP contribution in [-0.2, 0) is 27.3 Å². The monoisotopic (exact) mass is 455 g/mol. The fraction of sp³-hybridized carbons (Fsp3) is 0.400. The van der Waals surface area contributed by atoms with Gasteiger partial charge in [0, 0.05) is 31.6 Å². The van der Waals surface area contributed by atoms with E-state index in [9.17, 15) is 14.4 Å². The summed E-state index contributed by atoms with van der Waals surface area (Å²) in [6, 6.07) is 14.9. The van der Waals surface area contributed by atoms with E-state index in [0.717, 1.165) is 16.9 Å². The number of methoxy groups -OCH3 is 1. The number of amides is 3. The Morgan fingerprint density at radius 3 is 2.27 bits per heavy atom. The number of aryl methyl sites for hydroxylation is 1. The molecule has 3 N–H and O–H groups in total. The van der Waals surface area contributed by atoms with E-state index in [-0.39, 0.29) is 24.8 Å². The molecule has 0 fully saturated rings. The van der Waals surface area contributed by atoms with Crippen LogP contribution < -0.4 is 20.7 Å². The number of hydrogen-bond donors (Lipinski definition) is 3. The van der Waals surface area contributed by atoms with Gasteiger partial charge in [-0.25, -0.2) is 4.79 Å². The smallest absolute Gasteiger partial charge is 0.407 e. The molecule has 2 rings (SSSR count). The van der Waals surface area contributed by atoms with Crippen molar-refractivity contribution in [1.29, 1.82) is 0 Å². The molecule has 3 amide bonds. The van der Waals surface area contributed by atoms with Crippen molar-refractivity contribution in [2.24, 2.45) is 0 Å². The van der Waals surface area contributed by atoms with Crippen LogP contribution in [0.25, 0.3) is 0 Å². The molecule has 0 aliphatic rings. The van der Waals surface area contributed by atoms with Crippen LogP contribution in [0.4, 0.5) is 10.5 Å². The molecule has 0 saturated heterocycles. The Bertz CT molecular complexity index is 936. The number of ether oxygens (including phenoxy) is 2. The van der Waals surface area contributed by atoms with Crippen molar-refractivity contribution in [2.45, 2.75) is 52.2 Å². The normalized spacial score (nSPS) is 10.8. The van der Waals surface area contributed by atoms with Crippen molar-refractivity contribution in [1.82, 2.24) is 10.6 Å². The Balaban J connectivity index is 1.68. The molecule has 0 saturated carbocycles. The first-order valence-electron chi connectivity index (χ1n) is 10.9. The predicted octanol–water partition coefficient (Wildman–Crippen LogP) is 3.80. The lowest BCUT2D eigenvalue weighted by atomic mass is 10.1. The average molecular weight is 456 g/mol. The fourth-order valence-electron chi connectivity index (χ4n) is 2.90. The molecule has 0 spiro atoms. The van der Waals surface area contributed by atoms with Gasteiger partial charge in [-0.15, -0.1) is 0 Å². The third-order valence-electron chi connectivity index (χ3n) is 4.52. The summed E-state index contributed by atoms with van der Waals surface area (Å²) in [4.78, 5) is 35.8. The minimum Gasteiger partial charge on any atom is -0.497 e. The number of hydrogen-bond acceptors (Lipinski definition) is 5. The maximum absolute atomic E-state index is 12.1. The van der Waals surface area contributed by atoms with Crippen LogP contribution in [0, 0.1) is 0 Å². The van der Waals surface area contributed by atoms with Crippen molar-refractivity contribution in [3.05, 3.63) is 59.7 Å². The molecule has 8 nitrogen and oxygen atoms in total. The molecule has 2 aromatic carbocycles. The number of nitrogens with one attached hydrogen (secondary N) is 3. The molecule has 0 bridgehead atoms. The van der Waals surface area contributed by atoms with Gasteiger partial charge in [0.1, 0.15) is 11.4 Å². The number of rotatable bonds is 10. The molecule has 0 atom stereocenters. The molecule has 0 aromatic heterocycles. The van der Waals surface area contributed by atoms with Crippen LogP contribution in [-0.4, -0.2) is 37.2 Å². The van der Waals surface area contributed by atoms with E-state index >= 15 is 0 Å². The predicted molar refractivity (Wildman–Crippen MR) is 127 cm³/mol. The van der Waals surface area contributed by atoms with E-state index < -0.39 is 11.7 Å². The number of carbonyl (C=O) groups excluding carboxylic acids is 3. The lowest BCUT2D eigenvalue weighted by Crippen LogP contribution is -2.34. The highest BCUT2D eigenvalue weighted by Crippen LogP contribution is 2.14. The molecular formula is C25H33N3O5. The van der Waals surface area contributed by atoms with Crippen LogP contribution >= 0.6 is 0 Å². The molecule has 0 radical (unpaired) electrons. The minimum absolute atomic E-state index is 0.0345. The summed E-state index contributed by atoms with van der Waals surface area (Å²) in [5.74, 6) is 0.525. The lowest BCUT2D eigenvalue weighted by molar-refractivity contribution is -0.121. The molecule has 0 unspecified atom stereocenters. The van der Waals surface area contributed by atoms with Crippen molar-refractivity contribution in [3.8, 4) is 5.75 Å². The van der Waals surface area contributed by atoms with Gasteiger partial charge in [-0.2, -0.15) is 0 Å². The van der Waals surface area contributed by atoms with Gasteiger partial charge in [-0.3, -0.25) is 9.59 Å². The van der Waals surface area contributed by atoms with Gasteiger partial charge in [0.15, 0.2) is 0 Å². The zero-order valence-corrected chi connectivity index (χ0v) is 19.7. The number of alkyl carbamates (subject to hydrolysis) is 1. The molecular weight excluding hydrogens is 422 g/mol. The van der Waals surface area contributed by atoms with Crippen LogP contribution in [0.2, 0.25) is 0 Å². The lowest BCUT2D eigenvalue weighted by Gasteiger charge is -2.19. The summed E-state index contributed by atoms with van der Waals surface area (Å²) < 4.78 is 10.3.